The molecular weight excluding hydrogens is 526 g/mol. The number of hydrogen-bond acceptors (Lipinski definition) is 7. The number of aliphatic hydroxyl groups excluding tert-OH is 3. The molecular formula is C26H33Cl2FN2O6. The first-order valence-corrected chi connectivity index (χ1v) is 13.2. The summed E-state index contributed by atoms with van der Waals surface area (Å²) < 4.78 is 24.9. The number of benzene rings is 2. The van der Waals surface area contributed by atoms with Crippen molar-refractivity contribution in [2.75, 3.05) is 41.7 Å². The molecule has 37 heavy (non-hydrogen) atoms. The lowest BCUT2D eigenvalue weighted by Gasteiger charge is -2.38. The molecule has 0 unspecified atom stereocenters. The first-order chi connectivity index (χ1) is 17.9. The molecule has 0 spiro atoms. The lowest BCUT2D eigenvalue weighted by molar-refractivity contribution is -0.261. The van der Waals surface area contributed by atoms with Gasteiger partial charge in [0, 0.05) is 42.6 Å². The van der Waals surface area contributed by atoms with Crippen LogP contribution >= 0.6 is 23.2 Å². The Balaban J connectivity index is 1.44. The molecule has 1 aliphatic rings. The summed E-state index contributed by atoms with van der Waals surface area (Å²) in [6, 6.07) is 14.4. The van der Waals surface area contributed by atoms with Crippen LogP contribution in [-0.2, 0) is 16.0 Å². The average molecular weight is 559 g/mol. The number of nitrogens with one attached hydrogen (secondary N) is 1. The fourth-order valence-corrected chi connectivity index (χ4v) is 4.42. The minimum atomic E-state index is -2.00. The summed E-state index contributed by atoms with van der Waals surface area (Å²) in [5.41, 5.74) is 2.74. The summed E-state index contributed by atoms with van der Waals surface area (Å²) in [4.78, 5) is 14.5. The maximum Gasteiger partial charge on any atom is 0.234 e. The van der Waals surface area contributed by atoms with Gasteiger partial charge in [-0.2, -0.15) is 0 Å². The second-order valence-electron chi connectivity index (χ2n) is 8.73. The van der Waals surface area contributed by atoms with E-state index >= 15 is 0 Å². The third-order valence-electron chi connectivity index (χ3n) is 6.08. The van der Waals surface area contributed by atoms with Gasteiger partial charge in [0.15, 0.2) is 6.17 Å². The third-order valence-corrected chi connectivity index (χ3v) is 6.41. The van der Waals surface area contributed by atoms with Gasteiger partial charge >= 0.3 is 0 Å². The van der Waals surface area contributed by atoms with Gasteiger partial charge in [0.25, 0.3) is 0 Å². The Morgan fingerprint density at radius 3 is 2.27 bits per heavy atom. The summed E-state index contributed by atoms with van der Waals surface area (Å²) in [6.07, 6.45) is -6.17. The van der Waals surface area contributed by atoms with Crippen LogP contribution in [-0.4, -0.2) is 83.5 Å². The number of nitrogens with zero attached hydrogens (tertiary/aromatic N) is 1. The van der Waals surface area contributed by atoms with Gasteiger partial charge in [-0.15, -0.1) is 23.2 Å². The van der Waals surface area contributed by atoms with Gasteiger partial charge in [0.05, 0.1) is 6.61 Å². The lowest BCUT2D eigenvalue weighted by Crippen LogP contribution is -2.58. The molecule has 4 N–H and O–H groups in total. The molecule has 0 aliphatic carbocycles. The Morgan fingerprint density at radius 2 is 1.68 bits per heavy atom. The number of carbonyl (C=O) groups excluding carboxylic acids is 1. The SMILES string of the molecule is O=C(CCCc1ccc(N(CCCl)CCCl)cc1)Nc1ccc(O[C@@H]2O[C@H](CO)[C@@H](O)[C@H](O)[C@@H]2F)cc1. The number of rotatable bonds is 13. The average Bonchev–Trinajstić information content (AvgIpc) is 2.90. The predicted octanol–water partition coefficient (Wildman–Crippen LogP) is 3.09. The van der Waals surface area contributed by atoms with Gasteiger partial charge < -0.3 is 35.0 Å². The van der Waals surface area contributed by atoms with E-state index in [1.165, 1.54) is 12.1 Å². The number of carbonyl (C=O) groups is 1. The van der Waals surface area contributed by atoms with Crippen LogP contribution in [0, 0.1) is 0 Å². The molecule has 2 aromatic rings. The fraction of sp³-hybridized carbons (Fsp3) is 0.500. The van der Waals surface area contributed by atoms with Gasteiger partial charge in [0.2, 0.25) is 12.2 Å². The normalized spacial score (nSPS) is 23.5. The summed E-state index contributed by atoms with van der Waals surface area (Å²) in [5.74, 6) is 1.15. The molecule has 3 rings (SSSR count). The van der Waals surface area contributed by atoms with E-state index in [2.05, 4.69) is 10.2 Å². The lowest BCUT2D eigenvalue weighted by atomic mass is 10.0. The summed E-state index contributed by atoms with van der Waals surface area (Å²) in [5, 5.41) is 31.6. The van der Waals surface area contributed by atoms with Gasteiger partial charge in [0.1, 0.15) is 24.1 Å². The fourth-order valence-electron chi connectivity index (χ4n) is 4.02. The monoisotopic (exact) mass is 558 g/mol. The van der Waals surface area contributed by atoms with Crippen LogP contribution in [0.3, 0.4) is 0 Å². The molecule has 2 aromatic carbocycles. The molecule has 1 fully saturated rings. The molecule has 0 bridgehead atoms. The Kier molecular flexibility index (Phi) is 11.7. The van der Waals surface area contributed by atoms with Crippen molar-refractivity contribution in [1.29, 1.82) is 0 Å². The minimum Gasteiger partial charge on any atom is -0.462 e. The quantitative estimate of drug-likeness (QED) is 0.279. The van der Waals surface area contributed by atoms with Crippen molar-refractivity contribution in [2.24, 2.45) is 0 Å². The van der Waals surface area contributed by atoms with Crippen LogP contribution < -0.4 is 15.0 Å². The minimum absolute atomic E-state index is 0.136. The zero-order chi connectivity index (χ0) is 26.8. The number of amides is 1. The molecule has 0 aromatic heterocycles. The highest BCUT2D eigenvalue weighted by atomic mass is 35.5. The van der Waals surface area contributed by atoms with E-state index in [9.17, 15) is 24.5 Å². The summed E-state index contributed by atoms with van der Waals surface area (Å²) in [7, 11) is 0. The molecule has 1 aliphatic heterocycles. The van der Waals surface area contributed by atoms with Crippen LogP contribution in [0.4, 0.5) is 15.8 Å². The van der Waals surface area contributed by atoms with Crippen molar-refractivity contribution in [3.8, 4) is 5.75 Å². The number of aliphatic hydroxyl groups is 3. The molecule has 11 heteroatoms. The highest BCUT2D eigenvalue weighted by Gasteiger charge is 2.46. The van der Waals surface area contributed by atoms with Crippen LogP contribution in [0.15, 0.2) is 48.5 Å². The zero-order valence-electron chi connectivity index (χ0n) is 20.3. The van der Waals surface area contributed by atoms with Crippen molar-refractivity contribution in [1.82, 2.24) is 0 Å². The van der Waals surface area contributed by atoms with Gasteiger partial charge in [-0.3, -0.25) is 4.79 Å². The van der Waals surface area contributed by atoms with E-state index in [1.54, 1.807) is 12.1 Å². The number of hydrogen-bond donors (Lipinski definition) is 4. The van der Waals surface area contributed by atoms with E-state index in [-0.39, 0.29) is 11.7 Å². The molecule has 8 nitrogen and oxygen atoms in total. The molecule has 5 atom stereocenters. The molecule has 0 radical (unpaired) electrons. The summed E-state index contributed by atoms with van der Waals surface area (Å²) >= 11 is 11.7. The van der Waals surface area contributed by atoms with Crippen molar-refractivity contribution < 1.29 is 34.0 Å². The van der Waals surface area contributed by atoms with E-state index in [1.807, 2.05) is 24.3 Å². The van der Waals surface area contributed by atoms with Crippen molar-refractivity contribution in [2.45, 2.75) is 50.0 Å². The second kappa shape index (κ2) is 14.7. The second-order valence-corrected chi connectivity index (χ2v) is 9.48. The predicted molar refractivity (Wildman–Crippen MR) is 141 cm³/mol. The zero-order valence-corrected chi connectivity index (χ0v) is 21.8. The molecule has 0 saturated carbocycles. The maximum atomic E-state index is 14.3. The molecule has 204 valence electrons. The molecule has 1 heterocycles. The third kappa shape index (κ3) is 8.43. The van der Waals surface area contributed by atoms with Gasteiger partial charge in [-0.1, -0.05) is 12.1 Å². The van der Waals surface area contributed by atoms with E-state index in [0.717, 1.165) is 30.8 Å². The van der Waals surface area contributed by atoms with E-state index in [0.29, 0.717) is 30.3 Å². The Morgan fingerprint density at radius 1 is 1.03 bits per heavy atom. The highest BCUT2D eigenvalue weighted by Crippen LogP contribution is 2.27. The standard InChI is InChI=1S/C26H33Cl2FN2O6/c27-12-14-31(15-13-28)19-8-4-17(5-9-19)2-1-3-22(33)30-18-6-10-20(11-7-18)36-26-23(29)25(35)24(34)21(16-32)37-26/h4-11,21,23-26,32,34-35H,1-3,12-16H2,(H,30,33)/t21-,23+,24-,25-,26-/m1/s1. The number of ether oxygens (including phenoxy) is 2. The van der Waals surface area contributed by atoms with Crippen LogP contribution in [0.2, 0.25) is 0 Å². The van der Waals surface area contributed by atoms with Crippen molar-refractivity contribution in [3.63, 3.8) is 0 Å². The Bertz CT molecular complexity index is 961. The maximum absolute atomic E-state index is 14.3. The molecule has 1 saturated heterocycles. The van der Waals surface area contributed by atoms with E-state index < -0.39 is 37.4 Å². The highest BCUT2D eigenvalue weighted by molar-refractivity contribution is 6.18. The topological polar surface area (TPSA) is 111 Å². The largest absolute Gasteiger partial charge is 0.462 e. The first kappa shape index (κ1) is 29.4. The molecule has 1 amide bonds. The number of anilines is 2. The number of aryl methyl sites for hydroxylation is 1. The Labute approximate surface area is 225 Å². The van der Waals surface area contributed by atoms with Crippen LogP contribution in [0.25, 0.3) is 0 Å². The van der Waals surface area contributed by atoms with Gasteiger partial charge in [-0.05, 0) is 54.8 Å². The first-order valence-electron chi connectivity index (χ1n) is 12.1. The van der Waals surface area contributed by atoms with Crippen molar-refractivity contribution in [3.05, 3.63) is 54.1 Å². The van der Waals surface area contributed by atoms with Crippen molar-refractivity contribution >= 4 is 40.5 Å². The van der Waals surface area contributed by atoms with Gasteiger partial charge in [-0.25, -0.2) is 4.39 Å². The summed E-state index contributed by atoms with van der Waals surface area (Å²) in [6.45, 7) is 0.856. The number of alkyl halides is 3. The van der Waals surface area contributed by atoms with E-state index in [4.69, 9.17) is 32.7 Å². The van der Waals surface area contributed by atoms with Crippen LogP contribution in [0.5, 0.6) is 5.75 Å². The Hall–Kier alpha value is -2.14. The van der Waals surface area contributed by atoms with Crippen LogP contribution in [0.1, 0.15) is 18.4 Å². The smallest absolute Gasteiger partial charge is 0.234 e. The number of halogens is 3.